The number of rotatable bonds is 6. The fourth-order valence-corrected chi connectivity index (χ4v) is 4.41. The summed E-state index contributed by atoms with van der Waals surface area (Å²) in [6.07, 6.45) is 3.44. The highest BCUT2D eigenvalue weighted by Crippen LogP contribution is 2.34. The van der Waals surface area contributed by atoms with Crippen molar-refractivity contribution < 1.29 is 9.59 Å². The van der Waals surface area contributed by atoms with Gasteiger partial charge in [0.2, 0.25) is 5.91 Å². The van der Waals surface area contributed by atoms with Crippen molar-refractivity contribution in [1.29, 1.82) is 0 Å². The Hall–Kier alpha value is -4.52. The molecule has 1 aliphatic heterocycles. The zero-order chi connectivity index (χ0) is 24.2. The summed E-state index contributed by atoms with van der Waals surface area (Å²) < 4.78 is 0. The Labute approximate surface area is 203 Å². The summed E-state index contributed by atoms with van der Waals surface area (Å²) in [6, 6.07) is 26.0. The number of anilines is 2. The van der Waals surface area contributed by atoms with E-state index in [0.29, 0.717) is 23.5 Å². The first-order valence-electron chi connectivity index (χ1n) is 11.6. The Morgan fingerprint density at radius 3 is 2.43 bits per heavy atom. The van der Waals surface area contributed by atoms with Crippen LogP contribution in [0.4, 0.5) is 11.4 Å². The normalized spacial score (nSPS) is 15.1. The van der Waals surface area contributed by atoms with Crippen LogP contribution in [-0.2, 0) is 0 Å². The highest BCUT2D eigenvalue weighted by molar-refractivity contribution is 6.00. The molecule has 0 saturated carbocycles. The lowest BCUT2D eigenvalue weighted by molar-refractivity contribution is 0.0733. The van der Waals surface area contributed by atoms with E-state index in [9.17, 15) is 9.59 Å². The molecule has 7 heteroatoms. The maximum Gasteiger partial charge on any atom is 0.256 e. The fourth-order valence-electron chi connectivity index (χ4n) is 4.41. The number of benzene rings is 3. The second kappa shape index (κ2) is 9.77. The Bertz CT molecular complexity index is 1360. The van der Waals surface area contributed by atoms with Crippen molar-refractivity contribution in [3.05, 3.63) is 108 Å². The number of carbonyl (C=O) groups is 2. The summed E-state index contributed by atoms with van der Waals surface area (Å²) in [7, 11) is 0. The van der Waals surface area contributed by atoms with E-state index in [0.717, 1.165) is 35.5 Å². The molecule has 4 aromatic rings. The third-order valence-electron chi connectivity index (χ3n) is 6.17. The average molecular weight is 464 g/mol. The molecule has 1 aromatic heterocycles. The predicted molar refractivity (Wildman–Crippen MR) is 135 cm³/mol. The average Bonchev–Trinajstić information content (AvgIpc) is 3.40. The van der Waals surface area contributed by atoms with Crippen LogP contribution in [0.25, 0.3) is 11.4 Å². The molecular formula is C28H25N5O2. The second-order valence-electron chi connectivity index (χ2n) is 8.44. The summed E-state index contributed by atoms with van der Waals surface area (Å²) >= 11 is 0. The molecule has 1 aliphatic rings. The van der Waals surface area contributed by atoms with Gasteiger partial charge in [-0.1, -0.05) is 42.5 Å². The first kappa shape index (κ1) is 22.3. The van der Waals surface area contributed by atoms with Crippen molar-refractivity contribution in [2.75, 3.05) is 11.9 Å². The van der Waals surface area contributed by atoms with Gasteiger partial charge in [0.05, 0.1) is 23.0 Å². The molecule has 35 heavy (non-hydrogen) atoms. The maximum absolute atomic E-state index is 13.7. The van der Waals surface area contributed by atoms with Crippen LogP contribution in [0, 0.1) is 0 Å². The van der Waals surface area contributed by atoms with E-state index in [1.54, 1.807) is 30.5 Å². The standard InChI is InChI=1S/C28H25N5O2/c29-26(34)19-12-14-20(15-13-19)27-30-17-16-24(32-27)25-11-6-18-33(25)28(35)22-9-4-5-10-23(22)31-21-7-2-1-3-8-21/h1-5,7-10,12-17,25,31H,6,11,18H2,(H2,29,34). The summed E-state index contributed by atoms with van der Waals surface area (Å²) in [5.74, 6) is 0.0369. The van der Waals surface area contributed by atoms with Gasteiger partial charge in [0.15, 0.2) is 5.82 Å². The molecule has 0 aliphatic carbocycles. The van der Waals surface area contributed by atoms with Crippen LogP contribution in [0.5, 0.6) is 0 Å². The van der Waals surface area contributed by atoms with Gasteiger partial charge >= 0.3 is 0 Å². The zero-order valence-electron chi connectivity index (χ0n) is 19.1. The minimum Gasteiger partial charge on any atom is -0.366 e. The van der Waals surface area contributed by atoms with Crippen LogP contribution in [0.15, 0.2) is 91.1 Å². The number of nitrogens with zero attached hydrogens (tertiary/aromatic N) is 3. The lowest BCUT2D eigenvalue weighted by atomic mass is 10.1. The molecule has 3 N–H and O–H groups in total. The van der Waals surface area contributed by atoms with Crippen molar-refractivity contribution in [3.63, 3.8) is 0 Å². The van der Waals surface area contributed by atoms with E-state index in [1.165, 1.54) is 0 Å². The Morgan fingerprint density at radius 1 is 0.914 bits per heavy atom. The number of aromatic nitrogens is 2. The summed E-state index contributed by atoms with van der Waals surface area (Å²) in [5.41, 5.74) is 9.67. The molecule has 7 nitrogen and oxygen atoms in total. The van der Waals surface area contributed by atoms with E-state index >= 15 is 0 Å². The first-order valence-corrected chi connectivity index (χ1v) is 11.6. The van der Waals surface area contributed by atoms with Crippen LogP contribution in [0.1, 0.15) is 45.3 Å². The third-order valence-corrected chi connectivity index (χ3v) is 6.17. The van der Waals surface area contributed by atoms with Gasteiger partial charge in [0.25, 0.3) is 5.91 Å². The summed E-state index contributed by atoms with van der Waals surface area (Å²) in [4.78, 5) is 36.1. The van der Waals surface area contributed by atoms with Crippen molar-refractivity contribution in [2.24, 2.45) is 5.73 Å². The largest absolute Gasteiger partial charge is 0.366 e. The topological polar surface area (TPSA) is 101 Å². The van der Waals surface area contributed by atoms with Gasteiger partial charge in [0.1, 0.15) is 0 Å². The number of amides is 2. The fraction of sp³-hybridized carbons (Fsp3) is 0.143. The number of hydrogen-bond donors (Lipinski definition) is 2. The van der Waals surface area contributed by atoms with Gasteiger partial charge in [0, 0.05) is 29.6 Å². The minimum absolute atomic E-state index is 0.0301. The van der Waals surface area contributed by atoms with Crippen molar-refractivity contribution >= 4 is 23.2 Å². The number of para-hydroxylation sites is 2. The van der Waals surface area contributed by atoms with Gasteiger partial charge < -0.3 is 16.0 Å². The van der Waals surface area contributed by atoms with E-state index in [2.05, 4.69) is 10.3 Å². The molecule has 0 spiro atoms. The molecule has 1 fully saturated rings. The summed E-state index contributed by atoms with van der Waals surface area (Å²) in [6.45, 7) is 0.663. The van der Waals surface area contributed by atoms with E-state index in [1.807, 2.05) is 65.6 Å². The SMILES string of the molecule is NC(=O)c1ccc(-c2nccc(C3CCCN3C(=O)c3ccccc3Nc3ccccc3)n2)cc1. The van der Waals surface area contributed by atoms with Gasteiger partial charge in [-0.2, -0.15) is 0 Å². The zero-order valence-corrected chi connectivity index (χ0v) is 19.1. The van der Waals surface area contributed by atoms with E-state index < -0.39 is 5.91 Å². The molecule has 1 unspecified atom stereocenters. The van der Waals surface area contributed by atoms with E-state index in [-0.39, 0.29) is 11.9 Å². The van der Waals surface area contributed by atoms with Gasteiger partial charge in [-0.25, -0.2) is 9.97 Å². The molecule has 174 valence electrons. The first-order chi connectivity index (χ1) is 17.1. The lowest BCUT2D eigenvalue weighted by Crippen LogP contribution is -2.31. The number of nitrogens with one attached hydrogen (secondary N) is 1. The van der Waals surface area contributed by atoms with Crippen LogP contribution in [0.3, 0.4) is 0 Å². The number of likely N-dealkylation sites (tertiary alicyclic amines) is 1. The second-order valence-corrected chi connectivity index (χ2v) is 8.44. The van der Waals surface area contributed by atoms with Gasteiger partial charge in [-0.05, 0) is 55.3 Å². The summed E-state index contributed by atoms with van der Waals surface area (Å²) in [5, 5.41) is 3.37. The van der Waals surface area contributed by atoms with Gasteiger partial charge in [-0.15, -0.1) is 0 Å². The van der Waals surface area contributed by atoms with Crippen LogP contribution < -0.4 is 11.1 Å². The van der Waals surface area contributed by atoms with Crippen LogP contribution in [-0.4, -0.2) is 33.2 Å². The molecule has 1 saturated heterocycles. The minimum atomic E-state index is -0.478. The molecule has 3 aromatic carbocycles. The molecule has 1 atom stereocenters. The molecule has 2 heterocycles. The number of hydrogen-bond acceptors (Lipinski definition) is 5. The third kappa shape index (κ3) is 4.75. The van der Waals surface area contributed by atoms with Crippen molar-refractivity contribution in [1.82, 2.24) is 14.9 Å². The quantitative estimate of drug-likeness (QED) is 0.421. The Balaban J connectivity index is 1.41. The van der Waals surface area contributed by atoms with Crippen LogP contribution >= 0.6 is 0 Å². The highest BCUT2D eigenvalue weighted by Gasteiger charge is 2.32. The van der Waals surface area contributed by atoms with E-state index in [4.69, 9.17) is 10.7 Å². The lowest BCUT2D eigenvalue weighted by Gasteiger charge is -2.25. The highest BCUT2D eigenvalue weighted by atomic mass is 16.2. The number of primary amides is 1. The molecule has 5 rings (SSSR count). The van der Waals surface area contributed by atoms with Gasteiger partial charge in [-0.3, -0.25) is 9.59 Å². The van der Waals surface area contributed by atoms with Crippen LogP contribution in [0.2, 0.25) is 0 Å². The molecule has 0 radical (unpaired) electrons. The van der Waals surface area contributed by atoms with Crippen molar-refractivity contribution in [2.45, 2.75) is 18.9 Å². The number of nitrogens with two attached hydrogens (primary N) is 1. The molecular weight excluding hydrogens is 438 g/mol. The predicted octanol–water partition coefficient (Wildman–Crippen LogP) is 4.96. The number of carbonyl (C=O) groups excluding carboxylic acids is 2. The smallest absolute Gasteiger partial charge is 0.256 e. The Morgan fingerprint density at radius 2 is 1.66 bits per heavy atom. The maximum atomic E-state index is 13.7. The molecule has 0 bridgehead atoms. The molecule has 2 amide bonds. The van der Waals surface area contributed by atoms with Crippen molar-refractivity contribution in [3.8, 4) is 11.4 Å². The monoisotopic (exact) mass is 463 g/mol. The Kier molecular flexibility index (Phi) is 6.22.